The highest BCUT2D eigenvalue weighted by Gasteiger charge is 2.61. The number of anilines is 1. The second-order valence-corrected chi connectivity index (χ2v) is 10.8. The Labute approximate surface area is 168 Å². The summed E-state index contributed by atoms with van der Waals surface area (Å²) in [6.07, 6.45) is -1.19. The lowest BCUT2D eigenvalue weighted by molar-refractivity contribution is -0.0632. The molecular weight excluding hydrogens is 440 g/mol. The van der Waals surface area contributed by atoms with Crippen LogP contribution in [0.15, 0.2) is 11.1 Å². The number of ether oxygens (including phenoxy) is 1. The van der Waals surface area contributed by atoms with Crippen LogP contribution in [0.25, 0.3) is 11.2 Å². The van der Waals surface area contributed by atoms with Crippen LogP contribution in [0.3, 0.4) is 0 Å². The molecule has 4 rings (SSSR count). The van der Waals surface area contributed by atoms with Crippen LogP contribution < -0.4 is 11.3 Å². The highest BCUT2D eigenvalue weighted by Crippen LogP contribution is 2.62. The first-order valence-corrected chi connectivity index (χ1v) is 11.3. The van der Waals surface area contributed by atoms with Crippen molar-refractivity contribution in [3.8, 4) is 0 Å². The average Bonchev–Trinajstić information content (AvgIpc) is 3.05. The average molecular weight is 456 g/mol. The standard InChI is InChI=1S/C13H16Cl2N5O5PS/c1-5(2)24-26(27)22-3-6-8(25-26)13(14,15)11(23-6)20-4-17-7-9(20)18-12(16)19-10(7)21/h4-6,8,11H,3H2,1-2H3,(H3,16,18,19,21)/t6-,8-,11-,26+/m1/s1. The van der Waals surface area contributed by atoms with Gasteiger partial charge >= 0.3 is 6.72 Å². The van der Waals surface area contributed by atoms with E-state index in [1.807, 2.05) is 13.8 Å². The number of nitrogens with zero attached hydrogens (tertiary/aromatic N) is 3. The van der Waals surface area contributed by atoms with Crippen molar-refractivity contribution in [1.82, 2.24) is 19.5 Å². The Morgan fingerprint density at radius 1 is 1.56 bits per heavy atom. The van der Waals surface area contributed by atoms with Gasteiger partial charge in [0.2, 0.25) is 5.95 Å². The van der Waals surface area contributed by atoms with E-state index in [2.05, 4.69) is 15.0 Å². The number of H-pyrrole nitrogens is 1. The van der Waals surface area contributed by atoms with Crippen LogP contribution in [0.5, 0.6) is 0 Å². The third kappa shape index (κ3) is 3.30. The number of nitrogen functional groups attached to an aromatic ring is 1. The zero-order valence-corrected chi connectivity index (χ0v) is 17.4. The Balaban J connectivity index is 1.71. The van der Waals surface area contributed by atoms with Crippen LogP contribution in [-0.4, -0.2) is 48.8 Å². The van der Waals surface area contributed by atoms with Crippen LogP contribution in [0.4, 0.5) is 5.95 Å². The molecule has 4 atom stereocenters. The number of hydrogen-bond acceptors (Lipinski definition) is 9. The van der Waals surface area contributed by atoms with Crippen LogP contribution in [0.1, 0.15) is 20.1 Å². The lowest BCUT2D eigenvalue weighted by atomic mass is 10.2. The maximum Gasteiger partial charge on any atom is 0.327 e. The molecule has 2 aromatic rings. The number of imidazole rings is 1. The summed E-state index contributed by atoms with van der Waals surface area (Å²) in [5.41, 5.74) is 5.41. The van der Waals surface area contributed by atoms with Crippen molar-refractivity contribution in [1.29, 1.82) is 0 Å². The number of rotatable bonds is 3. The van der Waals surface area contributed by atoms with Gasteiger partial charge in [0.1, 0.15) is 12.2 Å². The minimum Gasteiger partial charge on any atom is -0.369 e. The molecule has 0 radical (unpaired) electrons. The zero-order chi connectivity index (χ0) is 19.6. The van der Waals surface area contributed by atoms with E-state index in [0.717, 1.165) is 0 Å². The van der Waals surface area contributed by atoms with Crippen molar-refractivity contribution in [3.63, 3.8) is 0 Å². The van der Waals surface area contributed by atoms with Crippen molar-refractivity contribution in [2.24, 2.45) is 0 Å². The molecule has 14 heteroatoms. The Morgan fingerprint density at radius 3 is 3.00 bits per heavy atom. The van der Waals surface area contributed by atoms with Crippen LogP contribution in [0, 0.1) is 0 Å². The second-order valence-electron chi connectivity index (χ2n) is 6.40. The van der Waals surface area contributed by atoms with Gasteiger partial charge < -0.3 is 19.5 Å². The molecule has 0 aromatic carbocycles. The minimum absolute atomic E-state index is 0.0696. The fourth-order valence-corrected chi connectivity index (χ4v) is 6.38. The molecule has 27 heavy (non-hydrogen) atoms. The number of fused-ring (bicyclic) bond motifs is 2. The topological polar surface area (TPSA) is 127 Å². The fraction of sp³-hybridized carbons (Fsp3) is 0.615. The monoisotopic (exact) mass is 455 g/mol. The molecule has 10 nitrogen and oxygen atoms in total. The number of hydrogen-bond donors (Lipinski definition) is 2. The van der Waals surface area contributed by atoms with Crippen LogP contribution in [0.2, 0.25) is 0 Å². The molecule has 0 aliphatic carbocycles. The number of nitrogens with two attached hydrogens (primary N) is 1. The zero-order valence-electron chi connectivity index (χ0n) is 14.2. The first-order valence-electron chi connectivity index (χ1n) is 7.98. The fourth-order valence-electron chi connectivity index (χ4n) is 2.99. The highest BCUT2D eigenvalue weighted by molar-refractivity contribution is 8.07. The van der Waals surface area contributed by atoms with E-state index in [-0.39, 0.29) is 29.8 Å². The van der Waals surface area contributed by atoms with Crippen LogP contribution >= 0.6 is 29.9 Å². The molecule has 3 N–H and O–H groups in total. The van der Waals surface area contributed by atoms with E-state index in [0.29, 0.717) is 0 Å². The van der Waals surface area contributed by atoms with Crippen molar-refractivity contribution >= 4 is 58.8 Å². The smallest absolute Gasteiger partial charge is 0.327 e. The van der Waals surface area contributed by atoms with Gasteiger partial charge in [0.15, 0.2) is 21.7 Å². The summed E-state index contributed by atoms with van der Waals surface area (Å²) in [4.78, 5) is 22.5. The van der Waals surface area contributed by atoms with Crippen molar-refractivity contribution < 1.29 is 18.3 Å². The molecule has 2 aliphatic heterocycles. The first-order chi connectivity index (χ1) is 12.6. The van der Waals surface area contributed by atoms with E-state index in [4.69, 9.17) is 59.1 Å². The lowest BCUT2D eigenvalue weighted by Crippen LogP contribution is -2.42. The summed E-state index contributed by atoms with van der Waals surface area (Å²) in [5.74, 6) is -0.0696. The van der Waals surface area contributed by atoms with E-state index in [9.17, 15) is 4.79 Å². The molecule has 0 saturated carbocycles. The predicted molar refractivity (Wildman–Crippen MR) is 102 cm³/mol. The lowest BCUT2D eigenvalue weighted by Gasteiger charge is -2.36. The van der Waals surface area contributed by atoms with E-state index in [1.54, 1.807) is 0 Å². The summed E-state index contributed by atoms with van der Waals surface area (Å²) in [5, 5.41) is 0. The molecule has 0 spiro atoms. The maximum atomic E-state index is 12.0. The highest BCUT2D eigenvalue weighted by atomic mass is 35.5. The number of nitrogens with one attached hydrogen (secondary N) is 1. The van der Waals surface area contributed by atoms with Crippen molar-refractivity contribution in [2.75, 3.05) is 12.3 Å². The maximum absolute atomic E-state index is 12.0. The molecule has 2 aromatic heterocycles. The third-order valence-corrected chi connectivity index (χ3v) is 7.30. The number of halogens is 2. The van der Waals surface area contributed by atoms with Gasteiger partial charge in [-0.05, 0) is 25.7 Å². The second kappa shape index (κ2) is 6.64. The van der Waals surface area contributed by atoms with E-state index in [1.165, 1.54) is 10.9 Å². The normalized spacial score (nSPS) is 32.9. The summed E-state index contributed by atoms with van der Waals surface area (Å²) < 4.78 is 22.9. The van der Waals surface area contributed by atoms with Gasteiger partial charge in [0.25, 0.3) is 5.56 Å². The predicted octanol–water partition coefficient (Wildman–Crippen LogP) is 1.84. The summed E-state index contributed by atoms with van der Waals surface area (Å²) in [6, 6.07) is 0. The Kier molecular flexibility index (Phi) is 4.80. The SMILES string of the molecule is CC(C)O[P@@]1(=S)OC[C@H]2O[C@@H](n3cnc4c(=O)[nH]c(N)nc43)C(Cl)(Cl)[C@@H]2O1. The first kappa shape index (κ1) is 19.5. The quantitative estimate of drug-likeness (QED) is 0.526. The number of alkyl halides is 2. The Morgan fingerprint density at radius 2 is 2.30 bits per heavy atom. The molecule has 0 amide bonds. The van der Waals surface area contributed by atoms with Gasteiger partial charge in [0, 0.05) is 0 Å². The van der Waals surface area contributed by atoms with Crippen LogP contribution in [-0.2, 0) is 30.1 Å². The Bertz CT molecular complexity index is 997. The summed E-state index contributed by atoms with van der Waals surface area (Å²) in [6.45, 7) is 0.729. The number of aromatic nitrogens is 4. The van der Waals surface area contributed by atoms with Gasteiger partial charge in [-0.25, -0.2) is 4.98 Å². The third-order valence-electron chi connectivity index (χ3n) is 4.03. The largest absolute Gasteiger partial charge is 0.369 e. The molecular formula is C13H16Cl2N5O5PS. The molecule has 2 saturated heterocycles. The van der Waals surface area contributed by atoms with Gasteiger partial charge in [-0.3, -0.25) is 18.9 Å². The molecule has 4 heterocycles. The molecule has 0 bridgehead atoms. The number of aromatic amines is 1. The van der Waals surface area contributed by atoms with Gasteiger partial charge in [-0.15, -0.1) is 0 Å². The molecule has 0 unspecified atom stereocenters. The summed E-state index contributed by atoms with van der Waals surface area (Å²) >= 11 is 18.6. The van der Waals surface area contributed by atoms with Crippen molar-refractivity contribution in [3.05, 3.63) is 16.7 Å². The Hall–Kier alpha value is -0.780. The molecule has 2 fully saturated rings. The summed E-state index contributed by atoms with van der Waals surface area (Å²) in [7, 11) is 0. The van der Waals surface area contributed by atoms with E-state index >= 15 is 0 Å². The molecule has 2 aliphatic rings. The van der Waals surface area contributed by atoms with Gasteiger partial charge in [-0.1, -0.05) is 23.2 Å². The minimum atomic E-state index is -3.02. The van der Waals surface area contributed by atoms with E-state index < -0.39 is 35.0 Å². The molecule has 148 valence electrons. The van der Waals surface area contributed by atoms with Gasteiger partial charge in [-0.2, -0.15) is 4.98 Å². The van der Waals surface area contributed by atoms with Gasteiger partial charge in [0.05, 0.1) is 19.0 Å². The van der Waals surface area contributed by atoms with Crippen molar-refractivity contribution in [2.45, 2.75) is 42.7 Å².